The number of carbonyl (C=O) groups is 1. The van der Waals surface area contributed by atoms with Gasteiger partial charge in [-0.05, 0) is 65.7 Å². The van der Waals surface area contributed by atoms with Gasteiger partial charge in [-0.25, -0.2) is 4.79 Å². The Kier molecular flexibility index (Phi) is 4.45. The zero-order valence-electron chi connectivity index (χ0n) is 11.4. The van der Waals surface area contributed by atoms with Crippen molar-refractivity contribution in [2.75, 3.05) is 11.4 Å². The van der Waals surface area contributed by atoms with Gasteiger partial charge in [0.2, 0.25) is 0 Å². The van der Waals surface area contributed by atoms with Crippen molar-refractivity contribution in [3.63, 3.8) is 0 Å². The topological polar surface area (TPSA) is 40.5 Å². The lowest BCUT2D eigenvalue weighted by atomic mass is 10.1. The van der Waals surface area contributed by atoms with Gasteiger partial charge in [-0.1, -0.05) is 12.1 Å². The monoisotopic (exact) mass is 333 g/mol. The van der Waals surface area contributed by atoms with Crippen LogP contribution in [0.5, 0.6) is 0 Å². The highest BCUT2D eigenvalue weighted by Gasteiger charge is 2.12. The van der Waals surface area contributed by atoms with Gasteiger partial charge in [0.25, 0.3) is 0 Å². The predicted octanol–water partition coefficient (Wildman–Crippen LogP) is 4.61. The first-order chi connectivity index (χ1) is 9.52. The second-order valence-corrected chi connectivity index (χ2v) is 5.41. The molecular formula is C16H16BrNO2. The normalized spacial score (nSPS) is 10.3. The van der Waals surface area contributed by atoms with Crippen LogP contribution in [0.3, 0.4) is 0 Å². The summed E-state index contributed by atoms with van der Waals surface area (Å²) >= 11 is 3.32. The van der Waals surface area contributed by atoms with Gasteiger partial charge in [0.1, 0.15) is 0 Å². The largest absolute Gasteiger partial charge is 0.478 e. The second-order valence-electron chi connectivity index (χ2n) is 4.55. The smallest absolute Gasteiger partial charge is 0.336 e. The van der Waals surface area contributed by atoms with Crippen LogP contribution in [0.25, 0.3) is 0 Å². The molecule has 4 heteroatoms. The van der Waals surface area contributed by atoms with E-state index in [0.717, 1.165) is 17.9 Å². The molecule has 104 valence electrons. The number of halogens is 1. The molecule has 0 atom stereocenters. The average molecular weight is 334 g/mol. The number of carboxylic acids is 1. The molecule has 0 amide bonds. The van der Waals surface area contributed by atoms with Gasteiger partial charge in [-0.2, -0.15) is 0 Å². The third-order valence-corrected chi connectivity index (χ3v) is 3.78. The number of nitrogens with zero attached hydrogens (tertiary/aromatic N) is 1. The molecule has 0 spiro atoms. The van der Waals surface area contributed by atoms with E-state index in [1.165, 1.54) is 5.56 Å². The van der Waals surface area contributed by atoms with Gasteiger partial charge in [0.05, 0.1) is 5.56 Å². The average Bonchev–Trinajstić information content (AvgIpc) is 2.39. The molecule has 2 rings (SSSR count). The van der Waals surface area contributed by atoms with E-state index in [9.17, 15) is 4.79 Å². The molecule has 2 aromatic rings. The van der Waals surface area contributed by atoms with Crippen molar-refractivity contribution in [2.45, 2.75) is 13.8 Å². The molecule has 3 nitrogen and oxygen atoms in total. The summed E-state index contributed by atoms with van der Waals surface area (Å²) in [7, 11) is 0. The summed E-state index contributed by atoms with van der Waals surface area (Å²) in [5.74, 6) is -0.929. The molecule has 0 unspecified atom stereocenters. The maximum atomic E-state index is 11.0. The minimum Gasteiger partial charge on any atom is -0.478 e. The van der Waals surface area contributed by atoms with Gasteiger partial charge in [0, 0.05) is 22.4 Å². The standard InChI is InChI=1S/C16H16BrNO2/c1-3-18(12-6-4-5-11(2)9-12)13-7-8-14(16(19)20)15(17)10-13/h4-10H,3H2,1-2H3,(H,19,20). The van der Waals surface area contributed by atoms with E-state index in [4.69, 9.17) is 5.11 Å². The van der Waals surface area contributed by atoms with E-state index in [-0.39, 0.29) is 5.56 Å². The van der Waals surface area contributed by atoms with Crippen LogP contribution in [-0.4, -0.2) is 17.6 Å². The van der Waals surface area contributed by atoms with E-state index < -0.39 is 5.97 Å². The summed E-state index contributed by atoms with van der Waals surface area (Å²) in [6.07, 6.45) is 0. The first-order valence-electron chi connectivity index (χ1n) is 6.40. The quantitative estimate of drug-likeness (QED) is 0.887. The van der Waals surface area contributed by atoms with Crippen LogP contribution in [0.2, 0.25) is 0 Å². The van der Waals surface area contributed by atoms with Crippen LogP contribution in [0.1, 0.15) is 22.8 Å². The van der Waals surface area contributed by atoms with Crippen LogP contribution in [0.15, 0.2) is 46.9 Å². The number of benzene rings is 2. The molecule has 0 fully saturated rings. The fraction of sp³-hybridized carbons (Fsp3) is 0.188. The molecule has 0 aromatic heterocycles. The summed E-state index contributed by atoms with van der Waals surface area (Å²) < 4.78 is 0.591. The number of carboxylic acid groups (broad SMARTS) is 1. The fourth-order valence-electron chi connectivity index (χ4n) is 2.16. The highest BCUT2D eigenvalue weighted by Crippen LogP contribution is 2.29. The predicted molar refractivity (Wildman–Crippen MR) is 85.0 cm³/mol. The number of anilines is 2. The molecule has 0 aliphatic heterocycles. The van der Waals surface area contributed by atoms with Gasteiger partial charge >= 0.3 is 5.97 Å². The van der Waals surface area contributed by atoms with Crippen molar-refractivity contribution < 1.29 is 9.90 Å². The van der Waals surface area contributed by atoms with Gasteiger partial charge < -0.3 is 10.0 Å². The van der Waals surface area contributed by atoms with Crippen molar-refractivity contribution in [1.29, 1.82) is 0 Å². The molecule has 0 aliphatic rings. The third-order valence-electron chi connectivity index (χ3n) is 3.12. The van der Waals surface area contributed by atoms with Crippen LogP contribution in [0, 0.1) is 6.92 Å². The van der Waals surface area contributed by atoms with E-state index in [2.05, 4.69) is 52.9 Å². The number of rotatable bonds is 4. The van der Waals surface area contributed by atoms with E-state index in [1.807, 2.05) is 18.2 Å². The maximum Gasteiger partial charge on any atom is 0.336 e. The van der Waals surface area contributed by atoms with Crippen molar-refractivity contribution >= 4 is 33.3 Å². The van der Waals surface area contributed by atoms with Gasteiger partial charge in [0.15, 0.2) is 0 Å². The SMILES string of the molecule is CCN(c1cccc(C)c1)c1ccc(C(=O)O)c(Br)c1. The summed E-state index contributed by atoms with van der Waals surface area (Å²) in [5.41, 5.74) is 3.54. The number of aromatic carboxylic acids is 1. The summed E-state index contributed by atoms with van der Waals surface area (Å²) in [5, 5.41) is 9.06. The molecule has 0 radical (unpaired) electrons. The Morgan fingerprint density at radius 3 is 2.45 bits per heavy atom. The summed E-state index contributed by atoms with van der Waals surface area (Å²) in [6.45, 7) is 4.93. The zero-order chi connectivity index (χ0) is 14.7. The Labute approximate surface area is 127 Å². The molecule has 0 aliphatic carbocycles. The maximum absolute atomic E-state index is 11.0. The number of hydrogen-bond donors (Lipinski definition) is 1. The molecule has 0 heterocycles. The minimum atomic E-state index is -0.929. The Hall–Kier alpha value is -1.81. The number of hydrogen-bond acceptors (Lipinski definition) is 2. The summed E-state index contributed by atoms with van der Waals surface area (Å²) in [6, 6.07) is 13.5. The van der Waals surface area contributed by atoms with E-state index in [1.54, 1.807) is 6.07 Å². The lowest BCUT2D eigenvalue weighted by Crippen LogP contribution is -2.16. The first-order valence-corrected chi connectivity index (χ1v) is 7.19. The second kappa shape index (κ2) is 6.09. The Balaban J connectivity index is 2.42. The molecule has 0 saturated heterocycles. The Morgan fingerprint density at radius 2 is 1.90 bits per heavy atom. The fourth-order valence-corrected chi connectivity index (χ4v) is 2.69. The van der Waals surface area contributed by atoms with E-state index >= 15 is 0 Å². The summed E-state index contributed by atoms with van der Waals surface area (Å²) in [4.78, 5) is 13.2. The minimum absolute atomic E-state index is 0.272. The van der Waals surface area contributed by atoms with Crippen LogP contribution >= 0.6 is 15.9 Å². The van der Waals surface area contributed by atoms with Crippen molar-refractivity contribution in [2.24, 2.45) is 0 Å². The molecule has 1 N–H and O–H groups in total. The lowest BCUT2D eigenvalue weighted by molar-refractivity contribution is 0.0696. The number of aryl methyl sites for hydroxylation is 1. The Morgan fingerprint density at radius 1 is 1.20 bits per heavy atom. The highest BCUT2D eigenvalue weighted by atomic mass is 79.9. The molecule has 2 aromatic carbocycles. The Bertz CT molecular complexity index is 640. The molecule has 0 bridgehead atoms. The first kappa shape index (κ1) is 14.6. The molecular weight excluding hydrogens is 318 g/mol. The van der Waals surface area contributed by atoms with Crippen molar-refractivity contribution in [3.8, 4) is 0 Å². The molecule has 20 heavy (non-hydrogen) atoms. The van der Waals surface area contributed by atoms with Gasteiger partial charge in [-0.15, -0.1) is 0 Å². The lowest BCUT2D eigenvalue weighted by Gasteiger charge is -2.24. The van der Waals surface area contributed by atoms with Crippen LogP contribution in [-0.2, 0) is 0 Å². The van der Waals surface area contributed by atoms with Crippen LogP contribution in [0.4, 0.5) is 11.4 Å². The van der Waals surface area contributed by atoms with Crippen LogP contribution < -0.4 is 4.90 Å². The zero-order valence-corrected chi connectivity index (χ0v) is 13.0. The van der Waals surface area contributed by atoms with Crippen molar-refractivity contribution in [1.82, 2.24) is 0 Å². The van der Waals surface area contributed by atoms with Crippen molar-refractivity contribution in [3.05, 3.63) is 58.1 Å². The van der Waals surface area contributed by atoms with E-state index in [0.29, 0.717) is 4.47 Å². The van der Waals surface area contributed by atoms with Gasteiger partial charge in [-0.3, -0.25) is 0 Å². The molecule has 0 saturated carbocycles. The highest BCUT2D eigenvalue weighted by molar-refractivity contribution is 9.10. The third kappa shape index (κ3) is 3.02.